The quantitative estimate of drug-likeness (QED) is 0.692. The number of imide groups is 1. The van der Waals surface area contributed by atoms with Crippen LogP contribution in [0.15, 0.2) is 30.3 Å². The second-order valence-electron chi connectivity index (χ2n) is 7.80. The van der Waals surface area contributed by atoms with Crippen LogP contribution in [0, 0.1) is 0 Å². The topological polar surface area (TPSA) is 90.0 Å². The van der Waals surface area contributed by atoms with E-state index in [9.17, 15) is 19.2 Å². The Morgan fingerprint density at radius 3 is 2.57 bits per heavy atom. The van der Waals surface area contributed by atoms with Gasteiger partial charge in [-0.05, 0) is 24.8 Å². The highest BCUT2D eigenvalue weighted by atomic mass is 32.2. The zero-order valence-electron chi connectivity index (χ0n) is 16.8. The van der Waals surface area contributed by atoms with Gasteiger partial charge in [0.15, 0.2) is 0 Å². The predicted molar refractivity (Wildman–Crippen MR) is 112 cm³/mol. The first-order valence-corrected chi connectivity index (χ1v) is 11.5. The van der Waals surface area contributed by atoms with Gasteiger partial charge in [-0.2, -0.15) is 0 Å². The van der Waals surface area contributed by atoms with Crippen molar-refractivity contribution in [3.63, 3.8) is 0 Å². The van der Waals surface area contributed by atoms with Crippen molar-refractivity contribution in [2.75, 3.05) is 31.3 Å². The third kappa shape index (κ3) is 4.16. The van der Waals surface area contributed by atoms with Crippen molar-refractivity contribution < 1.29 is 19.2 Å². The van der Waals surface area contributed by atoms with Gasteiger partial charge in [-0.15, -0.1) is 11.8 Å². The van der Waals surface area contributed by atoms with Crippen molar-refractivity contribution in [1.82, 2.24) is 20.0 Å². The first-order chi connectivity index (χ1) is 14.6. The molecule has 3 aliphatic heterocycles. The van der Waals surface area contributed by atoms with Crippen LogP contribution in [0.1, 0.15) is 37.3 Å². The molecular weight excluding hydrogens is 404 g/mol. The Bertz CT molecular complexity index is 828. The Hall–Kier alpha value is -2.55. The Morgan fingerprint density at radius 1 is 1.10 bits per heavy atom. The highest BCUT2D eigenvalue weighted by Gasteiger charge is 2.40. The smallest absolute Gasteiger partial charge is 0.325 e. The van der Waals surface area contributed by atoms with E-state index in [1.165, 1.54) is 4.90 Å². The molecule has 0 bridgehead atoms. The molecule has 160 valence electrons. The fraction of sp³-hybridized carbons (Fsp3) is 0.524. The molecule has 0 radical (unpaired) electrons. The minimum absolute atomic E-state index is 0.0469. The van der Waals surface area contributed by atoms with Gasteiger partial charge < -0.3 is 15.1 Å². The van der Waals surface area contributed by atoms with Gasteiger partial charge >= 0.3 is 6.03 Å². The van der Waals surface area contributed by atoms with E-state index in [1.54, 1.807) is 28.8 Å². The van der Waals surface area contributed by atoms with Gasteiger partial charge in [0.05, 0.1) is 5.88 Å². The van der Waals surface area contributed by atoms with Crippen molar-refractivity contribution in [3.05, 3.63) is 35.9 Å². The number of benzene rings is 1. The molecule has 3 fully saturated rings. The summed E-state index contributed by atoms with van der Waals surface area (Å²) in [5.41, 5.74) is 0.742. The van der Waals surface area contributed by atoms with Gasteiger partial charge in [-0.1, -0.05) is 30.3 Å². The Morgan fingerprint density at radius 2 is 1.83 bits per heavy atom. The molecule has 30 heavy (non-hydrogen) atoms. The highest BCUT2D eigenvalue weighted by molar-refractivity contribution is 7.99. The van der Waals surface area contributed by atoms with E-state index in [1.807, 2.05) is 23.1 Å². The van der Waals surface area contributed by atoms with Gasteiger partial charge in [0.1, 0.15) is 12.1 Å². The van der Waals surface area contributed by atoms with Crippen LogP contribution < -0.4 is 5.32 Å². The molecule has 1 aromatic carbocycles. The summed E-state index contributed by atoms with van der Waals surface area (Å²) in [5.74, 6) is 0.808. The molecule has 3 aliphatic rings. The highest BCUT2D eigenvalue weighted by Crippen LogP contribution is 2.26. The van der Waals surface area contributed by atoms with E-state index in [0.717, 1.165) is 31.5 Å². The summed E-state index contributed by atoms with van der Waals surface area (Å²) in [4.78, 5) is 55.0. The van der Waals surface area contributed by atoms with Crippen molar-refractivity contribution in [3.8, 4) is 0 Å². The number of hydrogen-bond donors (Lipinski definition) is 1. The molecule has 0 aliphatic carbocycles. The lowest BCUT2D eigenvalue weighted by atomic mass is 10.1. The molecule has 8 nitrogen and oxygen atoms in total. The molecule has 1 N–H and O–H groups in total. The minimum Gasteiger partial charge on any atom is -0.341 e. The van der Waals surface area contributed by atoms with Crippen LogP contribution in [0.4, 0.5) is 4.79 Å². The molecule has 3 heterocycles. The number of urea groups is 1. The normalized spacial score (nSPS) is 23.9. The lowest BCUT2D eigenvalue weighted by Crippen LogP contribution is -2.48. The molecule has 9 heteroatoms. The van der Waals surface area contributed by atoms with E-state index in [2.05, 4.69) is 5.32 Å². The number of rotatable bonds is 6. The molecule has 0 aromatic heterocycles. The van der Waals surface area contributed by atoms with E-state index in [0.29, 0.717) is 18.1 Å². The summed E-state index contributed by atoms with van der Waals surface area (Å²) in [7, 11) is 0. The third-order valence-corrected chi connectivity index (χ3v) is 6.85. The minimum atomic E-state index is -0.674. The van der Waals surface area contributed by atoms with Crippen molar-refractivity contribution in [2.24, 2.45) is 0 Å². The summed E-state index contributed by atoms with van der Waals surface area (Å²) in [6, 6.07) is 7.61. The molecule has 0 saturated carbocycles. The van der Waals surface area contributed by atoms with Gasteiger partial charge in [0.2, 0.25) is 11.8 Å². The van der Waals surface area contributed by atoms with Gasteiger partial charge in [0.25, 0.3) is 5.91 Å². The molecule has 2 atom stereocenters. The van der Waals surface area contributed by atoms with Crippen LogP contribution in [0.3, 0.4) is 0 Å². The maximum atomic E-state index is 12.7. The number of nitrogens with zero attached hydrogens (tertiary/aromatic N) is 3. The second kappa shape index (κ2) is 9.07. The number of thioether (sulfide) groups is 1. The third-order valence-electron chi connectivity index (χ3n) is 5.84. The van der Waals surface area contributed by atoms with Gasteiger partial charge in [-0.3, -0.25) is 19.3 Å². The van der Waals surface area contributed by atoms with Gasteiger partial charge in [-0.25, -0.2) is 4.79 Å². The average molecular weight is 431 g/mol. The van der Waals surface area contributed by atoms with Crippen molar-refractivity contribution in [2.45, 2.75) is 37.8 Å². The molecule has 3 saturated heterocycles. The van der Waals surface area contributed by atoms with E-state index < -0.39 is 12.1 Å². The lowest BCUT2D eigenvalue weighted by molar-refractivity contribution is -0.142. The number of amides is 5. The SMILES string of the molecule is O=C(C1CSCN1C(=O)CCCN1C(=O)NC(c2ccccc2)C1=O)N1CCCC1. The molecular formula is C21H26N4O4S. The monoisotopic (exact) mass is 430 g/mol. The first-order valence-electron chi connectivity index (χ1n) is 10.4. The van der Waals surface area contributed by atoms with E-state index >= 15 is 0 Å². The lowest BCUT2D eigenvalue weighted by Gasteiger charge is -2.27. The van der Waals surface area contributed by atoms with Crippen LogP contribution in [-0.4, -0.2) is 75.8 Å². The van der Waals surface area contributed by atoms with Crippen LogP contribution in [0.2, 0.25) is 0 Å². The zero-order valence-corrected chi connectivity index (χ0v) is 17.6. The van der Waals surface area contributed by atoms with Crippen LogP contribution >= 0.6 is 11.8 Å². The largest absolute Gasteiger partial charge is 0.341 e. The molecule has 2 unspecified atom stereocenters. The summed E-state index contributed by atoms with van der Waals surface area (Å²) >= 11 is 1.59. The Labute approximate surface area is 179 Å². The van der Waals surface area contributed by atoms with E-state index in [-0.39, 0.29) is 36.7 Å². The summed E-state index contributed by atoms with van der Waals surface area (Å²) in [6.07, 6.45) is 2.63. The van der Waals surface area contributed by atoms with Crippen LogP contribution in [0.25, 0.3) is 0 Å². The van der Waals surface area contributed by atoms with E-state index in [4.69, 9.17) is 0 Å². The summed E-state index contributed by atoms with van der Waals surface area (Å²) in [5, 5.41) is 2.71. The maximum Gasteiger partial charge on any atom is 0.325 e. The number of carbonyl (C=O) groups is 4. The van der Waals surface area contributed by atoms with Crippen LogP contribution in [-0.2, 0) is 14.4 Å². The molecule has 0 spiro atoms. The summed E-state index contributed by atoms with van der Waals surface area (Å²) < 4.78 is 0. The van der Waals surface area contributed by atoms with Crippen molar-refractivity contribution in [1.29, 1.82) is 0 Å². The number of carbonyl (C=O) groups excluding carboxylic acids is 4. The van der Waals surface area contributed by atoms with Gasteiger partial charge in [0, 0.05) is 31.8 Å². The number of nitrogens with one attached hydrogen (secondary N) is 1. The molecule has 4 rings (SSSR count). The predicted octanol–water partition coefficient (Wildman–Crippen LogP) is 1.58. The number of hydrogen-bond acceptors (Lipinski definition) is 5. The molecule has 5 amide bonds. The fourth-order valence-electron chi connectivity index (χ4n) is 4.18. The average Bonchev–Trinajstić information content (AvgIpc) is 3.50. The summed E-state index contributed by atoms with van der Waals surface area (Å²) in [6.45, 7) is 1.74. The second-order valence-corrected chi connectivity index (χ2v) is 8.80. The Balaban J connectivity index is 1.29. The standard InChI is InChI=1S/C21H26N4O4S/c26-17(25-14-30-13-16(25)19(27)23-10-4-5-11-23)9-6-12-24-20(28)18(22-21(24)29)15-7-2-1-3-8-15/h1-3,7-8,16,18H,4-6,9-14H2,(H,22,29). The maximum absolute atomic E-state index is 12.7. The van der Waals surface area contributed by atoms with Crippen LogP contribution in [0.5, 0.6) is 0 Å². The fourth-order valence-corrected chi connectivity index (χ4v) is 5.35. The Kier molecular flexibility index (Phi) is 6.26. The first kappa shape index (κ1) is 20.7. The molecule has 1 aromatic rings. The zero-order chi connectivity index (χ0) is 21.1. The number of likely N-dealkylation sites (tertiary alicyclic amines) is 1. The van der Waals surface area contributed by atoms with Crippen molar-refractivity contribution >= 4 is 35.5 Å².